The van der Waals surface area contributed by atoms with E-state index in [0.29, 0.717) is 54.9 Å². The Morgan fingerprint density at radius 1 is 1.19 bits per heavy atom. The van der Waals surface area contributed by atoms with Crippen LogP contribution in [0.1, 0.15) is 17.3 Å². The Balaban J connectivity index is 1.64. The summed E-state index contributed by atoms with van der Waals surface area (Å²) >= 11 is 5.95. The van der Waals surface area contributed by atoms with E-state index in [2.05, 4.69) is 10.3 Å². The molecule has 0 unspecified atom stereocenters. The first-order valence-electron chi connectivity index (χ1n) is 8.76. The first-order valence-corrected chi connectivity index (χ1v) is 9.14. The first-order chi connectivity index (χ1) is 13.1. The maximum absolute atomic E-state index is 12.5. The maximum atomic E-state index is 12.5. The van der Waals surface area contributed by atoms with Gasteiger partial charge in [0, 0.05) is 48.6 Å². The molecule has 2 amide bonds. The van der Waals surface area contributed by atoms with Crippen molar-refractivity contribution >= 4 is 35.1 Å². The van der Waals surface area contributed by atoms with Crippen LogP contribution in [0.25, 0.3) is 0 Å². The summed E-state index contributed by atoms with van der Waals surface area (Å²) in [7, 11) is 0. The van der Waals surface area contributed by atoms with Crippen molar-refractivity contribution in [1.29, 1.82) is 0 Å². The van der Waals surface area contributed by atoms with Crippen LogP contribution in [0, 0.1) is 0 Å². The third-order valence-corrected chi connectivity index (χ3v) is 4.45. The van der Waals surface area contributed by atoms with Crippen molar-refractivity contribution < 1.29 is 14.3 Å². The highest BCUT2D eigenvalue weighted by molar-refractivity contribution is 6.31. The number of pyridine rings is 1. The number of carbonyl (C=O) groups excluding carboxylic acids is 2. The number of amides is 2. The van der Waals surface area contributed by atoms with Gasteiger partial charge in [0.05, 0.1) is 6.61 Å². The summed E-state index contributed by atoms with van der Waals surface area (Å²) in [6, 6.07) is 10.4. The smallest absolute Gasteiger partial charge is 0.409 e. The lowest BCUT2D eigenvalue weighted by Gasteiger charge is -2.34. The number of halogens is 1. The zero-order valence-corrected chi connectivity index (χ0v) is 15.8. The van der Waals surface area contributed by atoms with Gasteiger partial charge in [-0.1, -0.05) is 17.7 Å². The molecule has 0 spiro atoms. The summed E-state index contributed by atoms with van der Waals surface area (Å²) in [6.45, 7) is 4.53. The van der Waals surface area contributed by atoms with Crippen molar-refractivity contribution in [3.05, 3.63) is 53.2 Å². The molecule has 1 aromatic carbocycles. The van der Waals surface area contributed by atoms with Gasteiger partial charge < -0.3 is 19.9 Å². The number of carbonyl (C=O) groups is 2. The average Bonchev–Trinajstić information content (AvgIpc) is 2.68. The number of piperazine rings is 1. The molecule has 7 nitrogen and oxygen atoms in total. The van der Waals surface area contributed by atoms with Crippen LogP contribution in [0.3, 0.4) is 0 Å². The predicted molar refractivity (Wildman–Crippen MR) is 104 cm³/mol. The van der Waals surface area contributed by atoms with Crippen molar-refractivity contribution in [2.24, 2.45) is 0 Å². The van der Waals surface area contributed by atoms with E-state index < -0.39 is 0 Å². The fourth-order valence-corrected chi connectivity index (χ4v) is 3.03. The van der Waals surface area contributed by atoms with E-state index in [1.54, 1.807) is 54.4 Å². The van der Waals surface area contributed by atoms with Gasteiger partial charge in [-0.05, 0) is 37.3 Å². The molecule has 142 valence electrons. The highest BCUT2D eigenvalue weighted by Gasteiger charge is 2.23. The summed E-state index contributed by atoms with van der Waals surface area (Å²) in [5.41, 5.74) is 1.14. The number of ether oxygens (including phenoxy) is 1. The molecule has 1 aliphatic rings. The van der Waals surface area contributed by atoms with Crippen LogP contribution in [0.5, 0.6) is 0 Å². The summed E-state index contributed by atoms with van der Waals surface area (Å²) in [5.74, 6) is 0.475. The van der Waals surface area contributed by atoms with Gasteiger partial charge in [-0.2, -0.15) is 0 Å². The molecule has 1 aromatic heterocycles. The first kappa shape index (κ1) is 19.0. The molecular weight excluding hydrogens is 368 g/mol. The molecule has 1 aliphatic heterocycles. The second-order valence-electron chi connectivity index (χ2n) is 6.04. The van der Waals surface area contributed by atoms with Crippen LogP contribution < -0.4 is 10.2 Å². The largest absolute Gasteiger partial charge is 0.450 e. The van der Waals surface area contributed by atoms with Gasteiger partial charge in [0.2, 0.25) is 0 Å². The minimum absolute atomic E-state index is 0.230. The molecule has 2 heterocycles. The standard InChI is InChI=1S/C19H21ClN4O3/c1-2-27-19(26)24-10-8-23(9-11-24)17-12-14(6-7-21-17)18(25)22-16-5-3-4-15(20)13-16/h3-7,12-13H,2,8-11H2,1H3,(H,22,25). The van der Waals surface area contributed by atoms with Crippen molar-refractivity contribution in [2.75, 3.05) is 43.0 Å². The number of nitrogens with one attached hydrogen (secondary N) is 1. The third-order valence-electron chi connectivity index (χ3n) is 4.22. The van der Waals surface area contributed by atoms with Gasteiger partial charge in [-0.15, -0.1) is 0 Å². The molecular formula is C19H21ClN4O3. The Morgan fingerprint density at radius 3 is 2.67 bits per heavy atom. The van der Waals surface area contributed by atoms with E-state index in [9.17, 15) is 9.59 Å². The van der Waals surface area contributed by atoms with Crippen molar-refractivity contribution in [1.82, 2.24) is 9.88 Å². The van der Waals surface area contributed by atoms with Crippen LogP contribution in [-0.4, -0.2) is 54.7 Å². The Bertz CT molecular complexity index is 822. The molecule has 0 bridgehead atoms. The van der Waals surface area contributed by atoms with Crippen molar-refractivity contribution in [2.45, 2.75) is 6.92 Å². The zero-order chi connectivity index (χ0) is 19.2. The Morgan fingerprint density at radius 2 is 1.96 bits per heavy atom. The molecule has 2 aromatic rings. The molecule has 1 N–H and O–H groups in total. The van der Waals surface area contributed by atoms with E-state index in [4.69, 9.17) is 16.3 Å². The second kappa shape index (κ2) is 8.73. The fraction of sp³-hybridized carbons (Fsp3) is 0.316. The van der Waals surface area contributed by atoms with E-state index in [1.165, 1.54) is 0 Å². The van der Waals surface area contributed by atoms with Gasteiger partial charge in [-0.3, -0.25) is 4.79 Å². The normalized spacial score (nSPS) is 14.0. The number of nitrogens with zero attached hydrogens (tertiary/aromatic N) is 3. The lowest BCUT2D eigenvalue weighted by atomic mass is 10.2. The van der Waals surface area contributed by atoms with Crippen LogP contribution >= 0.6 is 11.6 Å². The van der Waals surface area contributed by atoms with Crippen LogP contribution in [0.15, 0.2) is 42.6 Å². The summed E-state index contributed by atoms with van der Waals surface area (Å²) in [5, 5.41) is 3.38. The van der Waals surface area contributed by atoms with Gasteiger partial charge >= 0.3 is 6.09 Å². The van der Waals surface area contributed by atoms with E-state index in [0.717, 1.165) is 0 Å². The van der Waals surface area contributed by atoms with Gasteiger partial charge in [0.15, 0.2) is 0 Å². The zero-order valence-electron chi connectivity index (χ0n) is 15.0. The molecule has 3 rings (SSSR count). The summed E-state index contributed by atoms with van der Waals surface area (Å²) in [4.78, 5) is 32.4. The van der Waals surface area contributed by atoms with Crippen LogP contribution in [-0.2, 0) is 4.74 Å². The molecule has 1 saturated heterocycles. The predicted octanol–water partition coefficient (Wildman–Crippen LogP) is 3.27. The van der Waals surface area contributed by atoms with E-state index in [-0.39, 0.29) is 12.0 Å². The topological polar surface area (TPSA) is 74.8 Å². The molecule has 8 heteroatoms. The third kappa shape index (κ3) is 4.89. The lowest BCUT2D eigenvalue weighted by Crippen LogP contribution is -2.49. The second-order valence-corrected chi connectivity index (χ2v) is 6.48. The fourth-order valence-electron chi connectivity index (χ4n) is 2.83. The van der Waals surface area contributed by atoms with Gasteiger partial charge in [0.25, 0.3) is 5.91 Å². The number of hydrogen-bond donors (Lipinski definition) is 1. The van der Waals surface area contributed by atoms with Gasteiger partial charge in [-0.25, -0.2) is 9.78 Å². The van der Waals surface area contributed by atoms with Crippen molar-refractivity contribution in [3.8, 4) is 0 Å². The summed E-state index contributed by atoms with van der Waals surface area (Å²) < 4.78 is 5.03. The quantitative estimate of drug-likeness (QED) is 0.870. The molecule has 1 fully saturated rings. The Kier molecular flexibility index (Phi) is 6.13. The number of benzene rings is 1. The number of hydrogen-bond acceptors (Lipinski definition) is 5. The monoisotopic (exact) mass is 388 g/mol. The number of aromatic nitrogens is 1. The van der Waals surface area contributed by atoms with Crippen LogP contribution in [0.4, 0.5) is 16.3 Å². The highest BCUT2D eigenvalue weighted by Crippen LogP contribution is 2.18. The van der Waals surface area contributed by atoms with Crippen molar-refractivity contribution in [3.63, 3.8) is 0 Å². The van der Waals surface area contributed by atoms with Crippen LogP contribution in [0.2, 0.25) is 5.02 Å². The highest BCUT2D eigenvalue weighted by atomic mass is 35.5. The molecule has 27 heavy (non-hydrogen) atoms. The van der Waals surface area contributed by atoms with E-state index in [1.807, 2.05) is 4.90 Å². The Hall–Kier alpha value is -2.80. The maximum Gasteiger partial charge on any atom is 0.409 e. The molecule has 0 atom stereocenters. The Labute approximate surface area is 162 Å². The minimum atomic E-state index is -0.292. The SMILES string of the molecule is CCOC(=O)N1CCN(c2cc(C(=O)Nc3cccc(Cl)c3)ccn2)CC1. The molecule has 0 saturated carbocycles. The summed E-state index contributed by atoms with van der Waals surface area (Å²) in [6.07, 6.45) is 1.32. The minimum Gasteiger partial charge on any atom is -0.450 e. The van der Waals surface area contributed by atoms with Gasteiger partial charge in [0.1, 0.15) is 5.82 Å². The van der Waals surface area contributed by atoms with E-state index >= 15 is 0 Å². The lowest BCUT2D eigenvalue weighted by molar-refractivity contribution is 0.102. The number of anilines is 2. The number of rotatable bonds is 4. The molecule has 0 aliphatic carbocycles. The average molecular weight is 389 g/mol. The molecule has 0 radical (unpaired) electrons.